The van der Waals surface area contributed by atoms with Gasteiger partial charge in [-0.05, 0) is 12.8 Å². The first-order valence-electron chi connectivity index (χ1n) is 10.9. The van der Waals surface area contributed by atoms with Crippen molar-refractivity contribution in [1.29, 1.82) is 0 Å². The van der Waals surface area contributed by atoms with Crippen molar-refractivity contribution in [2.45, 2.75) is 52.8 Å². The Kier molecular flexibility index (Phi) is 6.83. The molecule has 0 saturated carbocycles. The molecule has 0 amide bonds. The van der Waals surface area contributed by atoms with Crippen molar-refractivity contribution in [2.24, 2.45) is 0 Å². The van der Waals surface area contributed by atoms with E-state index in [2.05, 4.69) is 15.0 Å². The number of nitrogens with one attached hydrogen (secondary N) is 1. The van der Waals surface area contributed by atoms with E-state index in [1.165, 1.54) is 15.9 Å². The van der Waals surface area contributed by atoms with Crippen LogP contribution in [0.3, 0.4) is 0 Å². The summed E-state index contributed by atoms with van der Waals surface area (Å²) in [4.78, 5) is 48.9. The number of esters is 1. The highest BCUT2D eigenvalue weighted by Gasteiger charge is 2.20. The van der Waals surface area contributed by atoms with Crippen LogP contribution in [0.15, 0.2) is 45.3 Å². The van der Waals surface area contributed by atoms with E-state index in [0.717, 1.165) is 29.8 Å². The number of aryl methyl sites for hydroxylation is 2. The van der Waals surface area contributed by atoms with E-state index in [-0.39, 0.29) is 12.3 Å². The number of fused-ring (bicyclic) bond motifs is 1. The highest BCUT2D eigenvalue weighted by molar-refractivity contribution is 7.13. The van der Waals surface area contributed by atoms with Crippen LogP contribution in [-0.2, 0) is 24.4 Å². The first-order valence-corrected chi connectivity index (χ1v) is 11.8. The molecule has 0 aliphatic rings. The molecular weight excluding hydrogens is 442 g/mol. The third-order valence-electron chi connectivity index (χ3n) is 5.21. The molecule has 0 fully saturated rings. The summed E-state index contributed by atoms with van der Waals surface area (Å²) in [5.74, 6) is -0.152. The summed E-state index contributed by atoms with van der Waals surface area (Å²) >= 11 is 1.36. The average Bonchev–Trinajstić information content (AvgIpc) is 3.44. The average molecular weight is 468 g/mol. The van der Waals surface area contributed by atoms with Crippen molar-refractivity contribution < 1.29 is 9.53 Å². The number of aromatic amines is 1. The van der Waals surface area contributed by atoms with E-state index in [1.54, 1.807) is 9.95 Å². The molecule has 0 aliphatic carbocycles. The molecule has 0 aliphatic heterocycles. The molecule has 3 heterocycles. The molecular formula is C23H25N5O4S. The van der Waals surface area contributed by atoms with Crippen molar-refractivity contribution in [3.8, 4) is 10.6 Å². The molecule has 1 N–H and O–H groups in total. The van der Waals surface area contributed by atoms with E-state index >= 15 is 0 Å². The lowest BCUT2D eigenvalue weighted by Gasteiger charge is -2.08. The second-order valence-electron chi connectivity index (χ2n) is 7.60. The molecule has 0 bridgehead atoms. The SMILES string of the molecule is CCCCn1c(=O)[nH]c(=O)c2c1nc(COC(=O)c1csc(-c3ccccc3)n1)n2CCC. The summed E-state index contributed by atoms with van der Waals surface area (Å²) in [7, 11) is 0. The van der Waals surface area contributed by atoms with Gasteiger partial charge in [0, 0.05) is 24.0 Å². The van der Waals surface area contributed by atoms with Crippen molar-refractivity contribution in [3.63, 3.8) is 0 Å². The lowest BCUT2D eigenvalue weighted by Crippen LogP contribution is -2.31. The number of carbonyl (C=O) groups excluding carboxylic acids is 1. The molecule has 4 rings (SSSR count). The maximum absolute atomic E-state index is 12.6. The van der Waals surface area contributed by atoms with Crippen LogP contribution in [0.5, 0.6) is 0 Å². The topological polar surface area (TPSA) is 112 Å². The number of hydrogen-bond acceptors (Lipinski definition) is 7. The van der Waals surface area contributed by atoms with Crippen LogP contribution in [-0.4, -0.2) is 30.1 Å². The summed E-state index contributed by atoms with van der Waals surface area (Å²) in [6, 6.07) is 9.60. The summed E-state index contributed by atoms with van der Waals surface area (Å²) < 4.78 is 8.69. The molecule has 172 valence electrons. The Bertz CT molecular complexity index is 1380. The van der Waals surface area contributed by atoms with Crippen molar-refractivity contribution in [2.75, 3.05) is 0 Å². The number of H-pyrrole nitrogens is 1. The van der Waals surface area contributed by atoms with Gasteiger partial charge >= 0.3 is 11.7 Å². The fraction of sp³-hybridized carbons (Fsp3) is 0.348. The second kappa shape index (κ2) is 9.95. The Balaban J connectivity index is 1.62. The van der Waals surface area contributed by atoms with E-state index in [0.29, 0.717) is 30.1 Å². The van der Waals surface area contributed by atoms with Crippen molar-refractivity contribution in [3.05, 3.63) is 68.1 Å². The first-order chi connectivity index (χ1) is 16.0. The molecule has 0 radical (unpaired) electrons. The number of benzene rings is 1. The molecule has 33 heavy (non-hydrogen) atoms. The minimum Gasteiger partial charge on any atom is -0.453 e. The predicted molar refractivity (Wildman–Crippen MR) is 126 cm³/mol. The molecule has 9 nitrogen and oxygen atoms in total. The number of carbonyl (C=O) groups is 1. The van der Waals surface area contributed by atoms with Crippen LogP contribution in [0.1, 0.15) is 49.4 Å². The quantitative estimate of drug-likeness (QED) is 0.377. The number of nitrogens with zero attached hydrogens (tertiary/aromatic N) is 4. The molecule has 0 spiro atoms. The number of imidazole rings is 1. The molecule has 1 aromatic carbocycles. The van der Waals surface area contributed by atoms with E-state index < -0.39 is 17.2 Å². The van der Waals surface area contributed by atoms with Gasteiger partial charge in [-0.25, -0.2) is 19.6 Å². The van der Waals surface area contributed by atoms with E-state index in [4.69, 9.17) is 4.74 Å². The van der Waals surface area contributed by atoms with Crippen LogP contribution in [0.25, 0.3) is 21.7 Å². The van der Waals surface area contributed by atoms with E-state index in [9.17, 15) is 14.4 Å². The van der Waals surface area contributed by atoms with Gasteiger partial charge in [0.15, 0.2) is 16.9 Å². The van der Waals surface area contributed by atoms with Gasteiger partial charge in [0.25, 0.3) is 5.56 Å². The van der Waals surface area contributed by atoms with Crippen LogP contribution in [0.4, 0.5) is 0 Å². The number of ether oxygens (including phenoxy) is 1. The fourth-order valence-corrected chi connectivity index (χ4v) is 4.40. The van der Waals surface area contributed by atoms with Crippen molar-refractivity contribution in [1.82, 2.24) is 24.1 Å². The first kappa shape index (κ1) is 22.7. The van der Waals surface area contributed by atoms with Gasteiger partial charge in [-0.2, -0.15) is 0 Å². The van der Waals surface area contributed by atoms with Gasteiger partial charge in [-0.3, -0.25) is 14.3 Å². The van der Waals surface area contributed by atoms with Gasteiger partial charge in [0.1, 0.15) is 17.4 Å². The van der Waals surface area contributed by atoms with Gasteiger partial charge in [0.05, 0.1) is 0 Å². The molecule has 3 aromatic heterocycles. The molecule has 0 unspecified atom stereocenters. The Morgan fingerprint density at radius 3 is 2.58 bits per heavy atom. The minimum absolute atomic E-state index is 0.132. The zero-order valence-electron chi connectivity index (χ0n) is 18.5. The Labute approximate surface area is 193 Å². The summed E-state index contributed by atoms with van der Waals surface area (Å²) in [6.45, 7) is 4.83. The van der Waals surface area contributed by atoms with Gasteiger partial charge in [-0.1, -0.05) is 50.6 Å². The van der Waals surface area contributed by atoms with Crippen molar-refractivity contribution >= 4 is 28.5 Å². The van der Waals surface area contributed by atoms with Crippen LogP contribution < -0.4 is 11.2 Å². The highest BCUT2D eigenvalue weighted by atomic mass is 32.1. The summed E-state index contributed by atoms with van der Waals surface area (Å²) in [5, 5.41) is 2.39. The number of hydrogen-bond donors (Lipinski definition) is 1. The summed E-state index contributed by atoms with van der Waals surface area (Å²) in [6.07, 6.45) is 2.41. The van der Waals surface area contributed by atoms with Crippen LogP contribution >= 0.6 is 11.3 Å². The van der Waals surface area contributed by atoms with Crippen LogP contribution in [0.2, 0.25) is 0 Å². The third-order valence-corrected chi connectivity index (χ3v) is 6.10. The van der Waals surface area contributed by atoms with Gasteiger partial charge < -0.3 is 9.30 Å². The maximum Gasteiger partial charge on any atom is 0.358 e. The Morgan fingerprint density at radius 2 is 1.85 bits per heavy atom. The second-order valence-corrected chi connectivity index (χ2v) is 8.45. The zero-order chi connectivity index (χ0) is 23.4. The molecule has 10 heteroatoms. The largest absolute Gasteiger partial charge is 0.453 e. The monoisotopic (exact) mass is 467 g/mol. The van der Waals surface area contributed by atoms with Gasteiger partial charge in [0.2, 0.25) is 0 Å². The predicted octanol–water partition coefficient (Wildman–Crippen LogP) is 3.58. The molecule has 0 atom stereocenters. The minimum atomic E-state index is -0.569. The number of aromatic nitrogens is 5. The van der Waals surface area contributed by atoms with Crippen LogP contribution in [0, 0.1) is 0 Å². The number of thiazole rings is 1. The summed E-state index contributed by atoms with van der Waals surface area (Å²) in [5.41, 5.74) is 0.801. The highest BCUT2D eigenvalue weighted by Crippen LogP contribution is 2.24. The fourth-order valence-electron chi connectivity index (χ4n) is 3.60. The van der Waals surface area contributed by atoms with E-state index in [1.807, 2.05) is 44.2 Å². The molecule has 4 aromatic rings. The smallest absolute Gasteiger partial charge is 0.358 e. The normalized spacial score (nSPS) is 11.2. The third kappa shape index (κ3) is 4.65. The number of rotatable bonds is 9. The Morgan fingerprint density at radius 1 is 1.06 bits per heavy atom. The zero-order valence-corrected chi connectivity index (χ0v) is 19.4. The standard InChI is InChI=1S/C23H25N5O4S/c1-3-5-12-28-19-18(20(29)26-23(28)31)27(11-4-2)17(25-19)13-32-22(30)16-14-33-21(24-16)15-9-7-6-8-10-15/h6-10,14H,3-5,11-13H2,1-2H3,(H,26,29,31). The van der Waals surface area contributed by atoms with Gasteiger partial charge in [-0.15, -0.1) is 11.3 Å². The number of unbranched alkanes of at least 4 members (excludes halogenated alkanes) is 1. The lowest BCUT2D eigenvalue weighted by molar-refractivity contribution is 0.0452. The Hall–Kier alpha value is -3.53. The maximum atomic E-state index is 12.6. The lowest BCUT2D eigenvalue weighted by atomic mass is 10.2. The molecule has 0 saturated heterocycles.